The molecule has 0 N–H and O–H groups in total. The van der Waals surface area contributed by atoms with Crippen molar-refractivity contribution in [2.75, 3.05) is 0 Å². The molecule has 2 rings (SSSR count). The standard InChI is InChI=1S/C14H14/c1-11-5-3-7-13(9-11)14-8-4-6-12(2)10-14/h3-10H,1-2H3/i5D,6D. The maximum Gasteiger partial charge on any atom is 0.0626 e. The molecule has 0 saturated carbocycles. The monoisotopic (exact) mass is 184 g/mol. The van der Waals surface area contributed by atoms with Crippen molar-refractivity contribution in [3.8, 4) is 11.1 Å². The van der Waals surface area contributed by atoms with Crippen LogP contribution < -0.4 is 0 Å². The zero-order valence-corrected chi connectivity index (χ0v) is 8.46. The lowest BCUT2D eigenvalue weighted by molar-refractivity contribution is 1.44. The Hall–Kier alpha value is -1.56. The molecule has 0 bridgehead atoms. The van der Waals surface area contributed by atoms with Crippen molar-refractivity contribution < 1.29 is 2.74 Å². The van der Waals surface area contributed by atoms with Gasteiger partial charge in [-0.15, -0.1) is 0 Å². The number of hydrogen-bond acceptors (Lipinski definition) is 0. The van der Waals surface area contributed by atoms with Gasteiger partial charge in [-0.1, -0.05) is 59.6 Å². The van der Waals surface area contributed by atoms with Gasteiger partial charge in [0, 0.05) is 0 Å². The van der Waals surface area contributed by atoms with E-state index in [4.69, 9.17) is 2.74 Å². The molecule has 0 heterocycles. The Labute approximate surface area is 88.0 Å². The van der Waals surface area contributed by atoms with Crippen LogP contribution in [0.5, 0.6) is 0 Å². The molecule has 0 spiro atoms. The third-order valence-corrected chi connectivity index (χ3v) is 2.23. The van der Waals surface area contributed by atoms with Gasteiger partial charge in [-0.25, -0.2) is 0 Å². The first-order valence-corrected chi connectivity index (χ1v) is 4.73. The normalized spacial score (nSPS) is 12.1. The minimum absolute atomic E-state index is 0.567. The summed E-state index contributed by atoms with van der Waals surface area (Å²) in [5, 5.41) is 0. The van der Waals surface area contributed by atoms with Crippen molar-refractivity contribution in [2.45, 2.75) is 13.8 Å². The first-order chi connectivity index (χ1) is 7.58. The van der Waals surface area contributed by atoms with Crippen molar-refractivity contribution >= 4 is 0 Å². The summed E-state index contributed by atoms with van der Waals surface area (Å²) in [7, 11) is 0. The number of hydrogen-bond donors (Lipinski definition) is 0. The molecule has 0 aromatic heterocycles. The molecule has 0 amide bonds. The van der Waals surface area contributed by atoms with E-state index in [0.717, 1.165) is 22.3 Å². The van der Waals surface area contributed by atoms with Gasteiger partial charge in [-0.05, 0) is 25.0 Å². The molecule has 0 heteroatoms. The summed E-state index contributed by atoms with van der Waals surface area (Å²) in [5.41, 5.74) is 4.17. The fraction of sp³-hybridized carbons (Fsp3) is 0.143. The van der Waals surface area contributed by atoms with Crippen molar-refractivity contribution in [1.29, 1.82) is 0 Å². The summed E-state index contributed by atoms with van der Waals surface area (Å²) in [6, 6.07) is 12.7. The van der Waals surface area contributed by atoms with Gasteiger partial charge in [-0.3, -0.25) is 0 Å². The molecule has 0 aliphatic heterocycles. The fourth-order valence-electron chi connectivity index (χ4n) is 1.53. The molecule has 70 valence electrons. The van der Waals surface area contributed by atoms with E-state index in [-0.39, 0.29) is 0 Å². The molecule has 0 aliphatic carbocycles. The zero-order valence-electron chi connectivity index (χ0n) is 10.5. The lowest BCUT2D eigenvalue weighted by Gasteiger charge is -2.03. The first-order valence-electron chi connectivity index (χ1n) is 5.73. The molecule has 0 aliphatic rings. The molecule has 2 aromatic carbocycles. The lowest BCUT2D eigenvalue weighted by atomic mass is 10.0. The molecule has 0 fully saturated rings. The summed E-state index contributed by atoms with van der Waals surface area (Å²) >= 11 is 0. The van der Waals surface area contributed by atoms with E-state index < -0.39 is 0 Å². The van der Waals surface area contributed by atoms with Crippen LogP contribution in [0.3, 0.4) is 0 Å². The van der Waals surface area contributed by atoms with Gasteiger partial charge in [0.15, 0.2) is 0 Å². The predicted octanol–water partition coefficient (Wildman–Crippen LogP) is 3.97. The van der Waals surface area contributed by atoms with Crippen LogP contribution in [0.1, 0.15) is 13.9 Å². The van der Waals surface area contributed by atoms with E-state index in [1.807, 2.05) is 50.2 Å². The minimum Gasteiger partial charge on any atom is -0.0614 e. The van der Waals surface area contributed by atoms with Crippen molar-refractivity contribution in [2.24, 2.45) is 0 Å². The Morgan fingerprint density at radius 3 is 1.64 bits per heavy atom. The Kier molecular flexibility index (Phi) is 1.79. The van der Waals surface area contributed by atoms with Gasteiger partial charge >= 0.3 is 0 Å². The second-order valence-electron chi connectivity index (χ2n) is 3.52. The summed E-state index contributed by atoms with van der Waals surface area (Å²) in [6.45, 7) is 3.88. The maximum absolute atomic E-state index is 7.63. The highest BCUT2D eigenvalue weighted by molar-refractivity contribution is 5.64. The second-order valence-corrected chi connectivity index (χ2v) is 3.52. The second kappa shape index (κ2) is 3.67. The van der Waals surface area contributed by atoms with Crippen molar-refractivity contribution in [3.63, 3.8) is 0 Å². The van der Waals surface area contributed by atoms with E-state index >= 15 is 0 Å². The summed E-state index contributed by atoms with van der Waals surface area (Å²) in [6.07, 6.45) is 0. The van der Waals surface area contributed by atoms with E-state index in [1.165, 1.54) is 0 Å². The van der Waals surface area contributed by atoms with Crippen molar-refractivity contribution in [3.05, 3.63) is 59.6 Å². The average Bonchev–Trinajstić information content (AvgIpc) is 2.26. The molecule has 0 nitrogen and oxygen atoms in total. The summed E-state index contributed by atoms with van der Waals surface area (Å²) in [5.74, 6) is 0. The quantitative estimate of drug-likeness (QED) is 0.629. The third-order valence-electron chi connectivity index (χ3n) is 2.23. The van der Waals surface area contributed by atoms with Gasteiger partial charge in [-0.2, -0.15) is 0 Å². The molecule has 0 atom stereocenters. The van der Waals surface area contributed by atoms with Crippen LogP contribution in [-0.2, 0) is 0 Å². The van der Waals surface area contributed by atoms with E-state index in [9.17, 15) is 0 Å². The van der Waals surface area contributed by atoms with Crippen LogP contribution in [-0.4, -0.2) is 0 Å². The Morgan fingerprint density at radius 1 is 0.857 bits per heavy atom. The minimum atomic E-state index is 0.567. The van der Waals surface area contributed by atoms with Gasteiger partial charge < -0.3 is 0 Å². The van der Waals surface area contributed by atoms with Crippen LogP contribution in [0.15, 0.2) is 48.5 Å². The van der Waals surface area contributed by atoms with Crippen LogP contribution in [0.2, 0.25) is 0 Å². The van der Waals surface area contributed by atoms with E-state index in [2.05, 4.69) is 0 Å². The molecular formula is C14H14. The summed E-state index contributed by atoms with van der Waals surface area (Å²) in [4.78, 5) is 0. The molecule has 0 unspecified atom stereocenters. The van der Waals surface area contributed by atoms with E-state index in [0.29, 0.717) is 12.1 Å². The molecule has 2 aromatic rings. The SMILES string of the molecule is [2H]c1ccc(-c2ccc([2H])c(C)c2)cc1C. The Morgan fingerprint density at radius 2 is 1.29 bits per heavy atom. The van der Waals surface area contributed by atoms with Crippen LogP contribution in [0.4, 0.5) is 0 Å². The van der Waals surface area contributed by atoms with Gasteiger partial charge in [0.25, 0.3) is 0 Å². The average molecular weight is 184 g/mol. The highest BCUT2D eigenvalue weighted by Crippen LogP contribution is 2.20. The van der Waals surface area contributed by atoms with E-state index in [1.54, 1.807) is 0 Å². The Balaban J connectivity index is 2.50. The van der Waals surface area contributed by atoms with Gasteiger partial charge in [0.05, 0.1) is 2.74 Å². The lowest BCUT2D eigenvalue weighted by Crippen LogP contribution is -1.80. The van der Waals surface area contributed by atoms with Crippen LogP contribution in [0, 0.1) is 13.8 Å². The first kappa shape index (κ1) is 6.83. The molecular weight excluding hydrogens is 168 g/mol. The van der Waals surface area contributed by atoms with Crippen LogP contribution in [0.25, 0.3) is 11.1 Å². The highest BCUT2D eigenvalue weighted by Gasteiger charge is 1.96. The number of benzene rings is 2. The topological polar surface area (TPSA) is 0 Å². The summed E-state index contributed by atoms with van der Waals surface area (Å²) < 4.78 is 15.3. The van der Waals surface area contributed by atoms with Gasteiger partial charge in [0.1, 0.15) is 0 Å². The number of rotatable bonds is 1. The predicted molar refractivity (Wildman–Crippen MR) is 61.4 cm³/mol. The van der Waals surface area contributed by atoms with Gasteiger partial charge in [0.2, 0.25) is 0 Å². The number of aryl methyl sites for hydroxylation is 2. The third kappa shape index (κ3) is 1.85. The van der Waals surface area contributed by atoms with Crippen LogP contribution >= 0.6 is 0 Å². The van der Waals surface area contributed by atoms with Crippen molar-refractivity contribution in [1.82, 2.24) is 0 Å². The highest BCUT2D eigenvalue weighted by atomic mass is 14.0. The Bertz CT molecular complexity index is 481. The largest absolute Gasteiger partial charge is 0.0626 e. The molecule has 14 heavy (non-hydrogen) atoms. The molecule has 0 radical (unpaired) electrons. The smallest absolute Gasteiger partial charge is 0.0614 e. The zero-order chi connectivity index (χ0) is 11.7. The maximum atomic E-state index is 7.63. The fourth-order valence-corrected chi connectivity index (χ4v) is 1.53. The molecule has 0 saturated heterocycles.